The molecule has 2 heterocycles. The second-order valence-electron chi connectivity index (χ2n) is 6.92. The molecule has 1 aromatic heterocycles. The maximum Gasteiger partial charge on any atom is 0.0731 e. The normalized spacial score (nSPS) is 15.1. The van der Waals surface area contributed by atoms with E-state index < -0.39 is 0 Å². The molecule has 1 saturated heterocycles. The molecule has 3 heteroatoms. The Labute approximate surface area is 155 Å². The van der Waals surface area contributed by atoms with E-state index in [1.807, 2.05) is 12.3 Å². The Kier molecular flexibility index (Phi) is 5.38. The van der Waals surface area contributed by atoms with Gasteiger partial charge in [0.1, 0.15) is 0 Å². The fraction of sp³-hybridized carbons (Fsp3) is 0.261. The highest BCUT2D eigenvalue weighted by Gasteiger charge is 2.33. The number of benzene rings is 2. The summed E-state index contributed by atoms with van der Waals surface area (Å²) in [6, 6.07) is 25.9. The molecule has 3 aromatic rings. The van der Waals surface area contributed by atoms with E-state index in [-0.39, 0.29) is 0 Å². The van der Waals surface area contributed by atoms with E-state index in [4.69, 9.17) is 4.74 Å². The third-order valence-corrected chi connectivity index (χ3v) is 4.93. The number of rotatable bonds is 7. The molecule has 0 saturated carbocycles. The molecule has 0 aliphatic carbocycles. The van der Waals surface area contributed by atoms with Crippen molar-refractivity contribution >= 4 is 0 Å². The van der Waals surface area contributed by atoms with E-state index in [2.05, 4.69) is 76.6 Å². The van der Waals surface area contributed by atoms with Crippen molar-refractivity contribution in [2.24, 2.45) is 5.92 Å². The van der Waals surface area contributed by atoms with Crippen LogP contribution in [0, 0.1) is 5.92 Å². The van der Waals surface area contributed by atoms with Crippen molar-refractivity contribution in [2.75, 3.05) is 19.7 Å². The zero-order valence-corrected chi connectivity index (χ0v) is 14.9. The van der Waals surface area contributed by atoms with Crippen LogP contribution >= 0.6 is 0 Å². The Morgan fingerprint density at radius 2 is 1.54 bits per heavy atom. The van der Waals surface area contributed by atoms with Gasteiger partial charge in [-0.1, -0.05) is 66.7 Å². The molecule has 26 heavy (non-hydrogen) atoms. The number of ether oxygens (including phenoxy) is 1. The van der Waals surface area contributed by atoms with Gasteiger partial charge in [0.05, 0.1) is 19.3 Å². The predicted octanol–water partition coefficient (Wildman–Crippen LogP) is 4.32. The summed E-state index contributed by atoms with van der Waals surface area (Å²) in [5.74, 6) is 0.599. The van der Waals surface area contributed by atoms with Crippen LogP contribution in [0.25, 0.3) is 0 Å². The summed E-state index contributed by atoms with van der Waals surface area (Å²) in [4.78, 5) is 6.68. The van der Waals surface area contributed by atoms with Crippen LogP contribution < -0.4 is 0 Å². The van der Waals surface area contributed by atoms with Gasteiger partial charge in [-0.05, 0) is 22.8 Å². The van der Waals surface area contributed by atoms with Crippen LogP contribution in [0.15, 0.2) is 85.2 Å². The summed E-state index contributed by atoms with van der Waals surface area (Å²) in [6.45, 7) is 3.59. The summed E-state index contributed by atoms with van der Waals surface area (Å²) in [5, 5.41) is 0. The molecule has 0 radical (unpaired) electrons. The molecule has 0 atom stereocenters. The minimum atomic E-state index is 0.326. The number of aromatic nitrogens is 1. The van der Waals surface area contributed by atoms with Crippen molar-refractivity contribution in [3.05, 3.63) is 102 Å². The van der Waals surface area contributed by atoms with Crippen molar-refractivity contribution in [2.45, 2.75) is 12.6 Å². The van der Waals surface area contributed by atoms with Gasteiger partial charge >= 0.3 is 0 Å². The van der Waals surface area contributed by atoms with Gasteiger partial charge < -0.3 is 4.74 Å². The molecule has 4 rings (SSSR count). The van der Waals surface area contributed by atoms with E-state index in [0.717, 1.165) is 25.3 Å². The first-order chi connectivity index (χ1) is 12.9. The molecule has 132 valence electrons. The Hall–Kier alpha value is -2.49. The average Bonchev–Trinajstić information content (AvgIpc) is 2.68. The van der Waals surface area contributed by atoms with Gasteiger partial charge in [0.2, 0.25) is 0 Å². The summed E-state index contributed by atoms with van der Waals surface area (Å²) in [5.41, 5.74) is 3.84. The van der Waals surface area contributed by atoms with Gasteiger partial charge in [-0.2, -0.15) is 0 Å². The molecule has 0 N–H and O–H groups in total. The second-order valence-corrected chi connectivity index (χ2v) is 6.92. The zero-order valence-electron chi connectivity index (χ0n) is 14.9. The Morgan fingerprint density at radius 1 is 0.885 bits per heavy atom. The van der Waals surface area contributed by atoms with Crippen LogP contribution in [0.4, 0.5) is 0 Å². The monoisotopic (exact) mass is 344 g/mol. The fourth-order valence-corrected chi connectivity index (χ4v) is 3.64. The van der Waals surface area contributed by atoms with Gasteiger partial charge in [-0.3, -0.25) is 9.88 Å². The molecular formula is C23H24N2O. The standard InChI is InChI=1S/C23H24N2O/c1-3-9-21(10-4-1)23(22-11-5-2-6-12-22)25-15-20(16-25)18-26-17-19-8-7-13-24-14-19/h1-14,20,23H,15-18H2. The van der Waals surface area contributed by atoms with Gasteiger partial charge in [-0.15, -0.1) is 0 Å². The van der Waals surface area contributed by atoms with E-state index in [1.54, 1.807) is 6.20 Å². The van der Waals surface area contributed by atoms with Crippen molar-refractivity contribution in [3.63, 3.8) is 0 Å². The van der Waals surface area contributed by atoms with Crippen LogP contribution in [0.2, 0.25) is 0 Å². The molecular weight excluding hydrogens is 320 g/mol. The molecule has 1 aliphatic rings. The maximum absolute atomic E-state index is 5.90. The van der Waals surface area contributed by atoms with Gasteiger partial charge in [-0.25, -0.2) is 0 Å². The first-order valence-electron chi connectivity index (χ1n) is 9.21. The third-order valence-electron chi connectivity index (χ3n) is 4.93. The van der Waals surface area contributed by atoms with Gasteiger partial charge in [0, 0.05) is 31.4 Å². The lowest BCUT2D eigenvalue weighted by molar-refractivity contribution is -0.00604. The van der Waals surface area contributed by atoms with E-state index in [0.29, 0.717) is 18.6 Å². The van der Waals surface area contributed by atoms with E-state index in [1.165, 1.54) is 11.1 Å². The van der Waals surface area contributed by atoms with E-state index in [9.17, 15) is 0 Å². The largest absolute Gasteiger partial charge is 0.376 e. The molecule has 0 unspecified atom stereocenters. The average molecular weight is 344 g/mol. The van der Waals surface area contributed by atoms with Crippen LogP contribution in [0.5, 0.6) is 0 Å². The Balaban J connectivity index is 1.35. The molecule has 2 aromatic carbocycles. The van der Waals surface area contributed by atoms with Crippen LogP contribution in [0.3, 0.4) is 0 Å². The highest BCUT2D eigenvalue weighted by molar-refractivity contribution is 5.32. The van der Waals surface area contributed by atoms with Crippen molar-refractivity contribution in [1.29, 1.82) is 0 Å². The second kappa shape index (κ2) is 8.26. The summed E-state index contributed by atoms with van der Waals surface area (Å²) < 4.78 is 5.90. The quantitative estimate of drug-likeness (QED) is 0.638. The molecule has 0 amide bonds. The lowest BCUT2D eigenvalue weighted by Crippen LogP contribution is -2.50. The van der Waals surface area contributed by atoms with Crippen LogP contribution in [0.1, 0.15) is 22.7 Å². The molecule has 0 bridgehead atoms. The maximum atomic E-state index is 5.90. The zero-order chi connectivity index (χ0) is 17.6. The third kappa shape index (κ3) is 4.01. The smallest absolute Gasteiger partial charge is 0.0731 e. The lowest BCUT2D eigenvalue weighted by Gasteiger charge is -2.44. The highest BCUT2D eigenvalue weighted by Crippen LogP contribution is 2.34. The predicted molar refractivity (Wildman–Crippen MR) is 104 cm³/mol. The van der Waals surface area contributed by atoms with E-state index >= 15 is 0 Å². The molecule has 1 fully saturated rings. The number of hydrogen-bond acceptors (Lipinski definition) is 3. The highest BCUT2D eigenvalue weighted by atomic mass is 16.5. The summed E-state index contributed by atoms with van der Waals surface area (Å²) in [7, 11) is 0. The first-order valence-corrected chi connectivity index (χ1v) is 9.21. The molecule has 1 aliphatic heterocycles. The molecule has 3 nitrogen and oxygen atoms in total. The number of hydrogen-bond donors (Lipinski definition) is 0. The minimum Gasteiger partial charge on any atom is -0.376 e. The SMILES string of the molecule is c1ccc(C(c2ccccc2)N2CC(COCc3cccnc3)C2)cc1. The number of likely N-dealkylation sites (tertiary alicyclic amines) is 1. The van der Waals surface area contributed by atoms with Crippen molar-refractivity contribution in [3.8, 4) is 0 Å². The summed E-state index contributed by atoms with van der Waals surface area (Å²) in [6.07, 6.45) is 3.66. The number of nitrogens with zero attached hydrogens (tertiary/aromatic N) is 2. The van der Waals surface area contributed by atoms with Crippen molar-refractivity contribution in [1.82, 2.24) is 9.88 Å². The molecule has 0 spiro atoms. The van der Waals surface area contributed by atoms with Crippen LogP contribution in [-0.4, -0.2) is 29.6 Å². The lowest BCUT2D eigenvalue weighted by atomic mass is 9.90. The van der Waals surface area contributed by atoms with Gasteiger partial charge in [0.25, 0.3) is 0 Å². The topological polar surface area (TPSA) is 25.4 Å². The number of pyridine rings is 1. The Bertz CT molecular complexity index is 747. The first kappa shape index (κ1) is 17.0. The summed E-state index contributed by atoms with van der Waals surface area (Å²) >= 11 is 0. The van der Waals surface area contributed by atoms with Crippen molar-refractivity contribution < 1.29 is 4.74 Å². The fourth-order valence-electron chi connectivity index (χ4n) is 3.64. The minimum absolute atomic E-state index is 0.326. The van der Waals surface area contributed by atoms with Gasteiger partial charge in [0.15, 0.2) is 0 Å². The van der Waals surface area contributed by atoms with Crippen LogP contribution in [-0.2, 0) is 11.3 Å². The Morgan fingerprint density at radius 3 is 2.12 bits per heavy atom.